The molecule has 1 aliphatic heterocycles. The number of hydrogen-bond donors (Lipinski definition) is 7. The predicted molar refractivity (Wildman–Crippen MR) is 250 cm³/mol. The minimum Gasteiger partial charge on any atom is -0.508 e. The van der Waals surface area contributed by atoms with Gasteiger partial charge in [0, 0.05) is 65.3 Å². The third kappa shape index (κ3) is 10.3. The molecule has 1 aromatic heterocycles. The van der Waals surface area contributed by atoms with E-state index in [0.29, 0.717) is 60.7 Å². The Morgan fingerprint density at radius 2 is 1.76 bits per heavy atom. The Labute approximate surface area is 378 Å². The number of benzene rings is 3. The molecule has 10 nitrogen and oxygen atoms in total. The Hall–Kier alpha value is -4.48. The molecule has 2 saturated carbocycles. The van der Waals surface area contributed by atoms with Crippen LogP contribution in [0.1, 0.15) is 131 Å². The van der Waals surface area contributed by atoms with Crippen molar-refractivity contribution in [1.29, 1.82) is 0 Å². The topological polar surface area (TPSA) is 192 Å². The van der Waals surface area contributed by atoms with Crippen LogP contribution in [0.15, 0.2) is 72.9 Å². The van der Waals surface area contributed by atoms with Crippen LogP contribution >= 0.6 is 21.6 Å². The van der Waals surface area contributed by atoms with E-state index in [-0.39, 0.29) is 53.5 Å². The molecule has 4 aliphatic rings. The van der Waals surface area contributed by atoms with Crippen molar-refractivity contribution < 1.29 is 34.8 Å². The van der Waals surface area contributed by atoms with Crippen LogP contribution in [0.4, 0.5) is 0 Å². The van der Waals surface area contributed by atoms with E-state index in [4.69, 9.17) is 16.2 Å². The first kappa shape index (κ1) is 45.1. The van der Waals surface area contributed by atoms with Crippen molar-refractivity contribution in [2.24, 2.45) is 28.2 Å². The Kier molecular flexibility index (Phi) is 14.1. The van der Waals surface area contributed by atoms with Crippen molar-refractivity contribution in [3.8, 4) is 29.1 Å². The second-order valence-corrected chi connectivity index (χ2v) is 20.7. The number of Topliss-reactive ketones (excluding diaryl/α,β-unsaturated/α-hetero) is 1. The largest absolute Gasteiger partial charge is 0.508 e. The molecule has 2 heterocycles. The van der Waals surface area contributed by atoms with Gasteiger partial charge in [-0.1, -0.05) is 70.2 Å². The fourth-order valence-corrected chi connectivity index (χ4v) is 13.4. The first-order valence-electron chi connectivity index (χ1n) is 22.3. The summed E-state index contributed by atoms with van der Waals surface area (Å²) in [5.41, 5.74) is 20.0. The number of ketones is 2. The summed E-state index contributed by atoms with van der Waals surface area (Å²) in [4.78, 5) is 30.9. The normalized spacial score (nSPS) is 24.6. The highest BCUT2D eigenvalue weighted by atomic mass is 33.1. The maximum atomic E-state index is 14.2. The average molecular weight is 890 g/mol. The van der Waals surface area contributed by atoms with E-state index in [1.165, 1.54) is 0 Å². The maximum absolute atomic E-state index is 14.2. The van der Waals surface area contributed by atoms with Gasteiger partial charge in [-0.25, -0.2) is 0 Å². The van der Waals surface area contributed by atoms with Crippen LogP contribution in [-0.4, -0.2) is 62.0 Å². The van der Waals surface area contributed by atoms with Crippen LogP contribution < -0.4 is 16.2 Å². The molecule has 3 aromatic carbocycles. The number of ether oxygens (including phenoxy) is 1. The highest BCUT2D eigenvalue weighted by Gasteiger charge is 2.53. The number of hydrogen-bond acceptors (Lipinski definition) is 11. The van der Waals surface area contributed by atoms with Crippen molar-refractivity contribution in [2.75, 3.05) is 19.0 Å². The first-order valence-corrected chi connectivity index (χ1v) is 24.8. The van der Waals surface area contributed by atoms with Gasteiger partial charge in [0.2, 0.25) is 0 Å². The van der Waals surface area contributed by atoms with Crippen molar-refractivity contribution >= 4 is 33.2 Å². The molecule has 5 unspecified atom stereocenters. The van der Waals surface area contributed by atoms with Crippen LogP contribution in [0.2, 0.25) is 0 Å². The second-order valence-electron chi connectivity index (χ2n) is 18.2. The number of nitrogens with two attached hydrogens (primary N) is 2. The summed E-state index contributed by atoms with van der Waals surface area (Å²) in [7, 11) is 3.64. The minimum atomic E-state index is -0.756. The van der Waals surface area contributed by atoms with Crippen LogP contribution in [0.3, 0.4) is 0 Å². The van der Waals surface area contributed by atoms with Crippen molar-refractivity contribution in [1.82, 2.24) is 4.98 Å². The number of aliphatic hydroxyl groups excluding tert-OH is 2. The Balaban J connectivity index is 1.16. The van der Waals surface area contributed by atoms with Gasteiger partial charge in [-0.05, 0) is 132 Å². The van der Waals surface area contributed by atoms with Crippen molar-refractivity contribution in [3.63, 3.8) is 0 Å². The number of allylic oxidation sites excluding steroid dienone is 2. The first-order chi connectivity index (χ1) is 30.4. The maximum Gasteiger partial charge on any atom is 0.165 e. The molecule has 0 amide bonds. The lowest BCUT2D eigenvalue weighted by Crippen LogP contribution is -2.35. The van der Waals surface area contributed by atoms with Crippen LogP contribution in [0.25, 0.3) is 0 Å². The van der Waals surface area contributed by atoms with Gasteiger partial charge < -0.3 is 41.6 Å². The number of aryl methyl sites for hydroxylation is 1. The second kappa shape index (κ2) is 19.7. The molecular formula is C51H59N3O7S2. The monoisotopic (exact) mass is 889 g/mol. The quantitative estimate of drug-likeness (QED) is 0.0560. The van der Waals surface area contributed by atoms with E-state index in [9.17, 15) is 30.0 Å². The summed E-state index contributed by atoms with van der Waals surface area (Å²) < 4.78 is 6.15. The number of phenolic OH excluding ortho intramolecular Hbond substituents is 2. The Bertz CT molecular complexity index is 2420. The molecule has 8 bridgehead atoms. The highest BCUT2D eigenvalue weighted by Crippen LogP contribution is 2.64. The number of aromatic nitrogens is 1. The third-order valence-corrected chi connectivity index (χ3v) is 16.6. The van der Waals surface area contributed by atoms with Gasteiger partial charge in [0.1, 0.15) is 5.75 Å². The summed E-state index contributed by atoms with van der Waals surface area (Å²) in [6.45, 7) is 0.00334. The number of carbonyl (C=O) groups is 2. The van der Waals surface area contributed by atoms with Gasteiger partial charge in [0.25, 0.3) is 0 Å². The fourth-order valence-electron chi connectivity index (χ4n) is 10.6. The van der Waals surface area contributed by atoms with E-state index in [1.54, 1.807) is 41.3 Å². The zero-order chi connectivity index (χ0) is 44.1. The summed E-state index contributed by atoms with van der Waals surface area (Å²) in [5.74, 6) is 8.55. The zero-order valence-electron chi connectivity index (χ0n) is 35.7. The van der Waals surface area contributed by atoms with Gasteiger partial charge >= 0.3 is 0 Å². The third-order valence-electron chi connectivity index (χ3n) is 14.1. The number of aromatic amines is 1. The van der Waals surface area contributed by atoms with Crippen LogP contribution in [0, 0.1) is 28.6 Å². The molecule has 4 aromatic rings. The molecule has 8 rings (SSSR count). The molecule has 0 spiro atoms. The SMILES string of the molecule is NC(N)c1cc2c3cc1CSSCC14CCC(CCCC(O)CO)C(C=CC(=O)CCc5ccc(O)c(c5)OCCc5ccc(O)c(c5)C3CC(=O)c3cc[nH]c3CC#C2)(CC1)C4. The van der Waals surface area contributed by atoms with Crippen molar-refractivity contribution in [3.05, 3.63) is 123 Å². The molecule has 5 atom stereocenters. The molecule has 63 heavy (non-hydrogen) atoms. The van der Waals surface area contributed by atoms with Crippen LogP contribution in [-0.2, 0) is 29.8 Å². The Morgan fingerprint density at radius 3 is 2.59 bits per heavy atom. The van der Waals surface area contributed by atoms with Gasteiger partial charge in [-0.2, -0.15) is 0 Å². The summed E-state index contributed by atoms with van der Waals surface area (Å²) in [6.07, 6.45) is 13.6. The lowest BCUT2D eigenvalue weighted by molar-refractivity contribution is -0.114. The van der Waals surface area contributed by atoms with Gasteiger partial charge in [0.15, 0.2) is 23.1 Å². The Morgan fingerprint density at radius 1 is 0.937 bits per heavy atom. The number of carbonyl (C=O) groups excluding carboxylic acids is 2. The lowest BCUT2D eigenvalue weighted by atomic mass is 9.62. The number of aliphatic hydroxyl groups is 2. The molecule has 2 fully saturated rings. The number of fused-ring (bicyclic) bond motifs is 7. The standard InChI is InChI=1S/C51H59N3O7S2/c52-49(53)41-25-34-3-1-6-44-39(15-21-54-44)47(60)27-42-40(34)26-35(41)29-62-63-31-50-17-13-36(4-2-5-38(57)28-55)51(30-50,20-19-50)18-14-37(56)10-7-32-9-12-46(59)48(24-32)61-22-16-33-8-11-45(58)43(42)23-33/h8-9,11-12,14-15,18,21,23-26,36,38,42,49,54-55,57-59H,2,4-7,10,13,16-17,19-20,22,27-31,52-53H2. The number of nitrogens with one attached hydrogen (secondary N) is 1. The lowest BCUT2D eigenvalue weighted by Gasteiger charge is -2.44. The smallest absolute Gasteiger partial charge is 0.165 e. The molecule has 0 saturated heterocycles. The summed E-state index contributed by atoms with van der Waals surface area (Å²) >= 11 is 0. The van der Waals surface area contributed by atoms with E-state index < -0.39 is 18.2 Å². The summed E-state index contributed by atoms with van der Waals surface area (Å²) in [6, 6.07) is 16.6. The van der Waals surface area contributed by atoms with E-state index in [2.05, 4.69) is 29.0 Å². The summed E-state index contributed by atoms with van der Waals surface area (Å²) in [5, 5.41) is 41.9. The zero-order valence-corrected chi connectivity index (χ0v) is 37.4. The fraction of sp³-hybridized carbons (Fsp3) is 0.451. The molecule has 332 valence electrons. The van der Waals surface area contributed by atoms with Gasteiger partial charge in [-0.3, -0.25) is 9.59 Å². The van der Waals surface area contributed by atoms with E-state index in [0.717, 1.165) is 89.8 Å². The molecule has 0 radical (unpaired) electrons. The minimum absolute atomic E-state index is 0.0120. The molecule has 3 aliphatic carbocycles. The van der Waals surface area contributed by atoms with E-state index in [1.807, 2.05) is 41.1 Å². The average Bonchev–Trinajstić information content (AvgIpc) is 3.87. The predicted octanol–water partition coefficient (Wildman–Crippen LogP) is 8.32. The number of phenols is 2. The highest BCUT2D eigenvalue weighted by molar-refractivity contribution is 8.76. The molecule has 9 N–H and O–H groups in total. The van der Waals surface area contributed by atoms with Crippen LogP contribution in [0.5, 0.6) is 17.2 Å². The van der Waals surface area contributed by atoms with Gasteiger partial charge in [-0.15, -0.1) is 0 Å². The van der Waals surface area contributed by atoms with Gasteiger partial charge in [0.05, 0.1) is 31.9 Å². The number of rotatable bonds is 6. The van der Waals surface area contributed by atoms with Crippen molar-refractivity contribution in [2.45, 2.75) is 107 Å². The van der Waals surface area contributed by atoms with E-state index >= 15 is 0 Å². The molecular weight excluding hydrogens is 831 g/mol. The number of aromatic hydroxyl groups is 2. The molecule has 12 heteroatoms. The number of H-pyrrole nitrogens is 1.